The fourth-order valence-electron chi connectivity index (χ4n) is 3.37. The van der Waals surface area contributed by atoms with Crippen LogP contribution in [0, 0.1) is 0 Å². The normalized spacial score (nSPS) is 19.8. The fraction of sp³-hybridized carbons (Fsp3) is 0.562. The van der Waals surface area contributed by atoms with Crippen molar-refractivity contribution in [3.63, 3.8) is 0 Å². The SMILES string of the molecule is CCNC(c1nccn1CC)C1CCCc2sccc21. The van der Waals surface area contributed by atoms with Gasteiger partial charge in [0.25, 0.3) is 0 Å². The van der Waals surface area contributed by atoms with Gasteiger partial charge in [0, 0.05) is 29.7 Å². The van der Waals surface area contributed by atoms with Gasteiger partial charge in [0.15, 0.2) is 0 Å². The first kappa shape index (κ1) is 13.8. The first-order valence-electron chi connectivity index (χ1n) is 7.65. The summed E-state index contributed by atoms with van der Waals surface area (Å²) in [7, 11) is 0. The van der Waals surface area contributed by atoms with Crippen molar-refractivity contribution in [1.29, 1.82) is 0 Å². The minimum atomic E-state index is 0.337. The number of thiophene rings is 1. The number of fused-ring (bicyclic) bond motifs is 1. The first-order chi connectivity index (χ1) is 9.85. The minimum Gasteiger partial charge on any atom is -0.334 e. The molecular formula is C16H23N3S. The number of likely N-dealkylation sites (N-methyl/N-ethyl adjacent to an activating group) is 1. The van der Waals surface area contributed by atoms with Crippen LogP contribution in [-0.2, 0) is 13.0 Å². The lowest BCUT2D eigenvalue weighted by Crippen LogP contribution is -2.31. The number of nitrogens with zero attached hydrogens (tertiary/aromatic N) is 2. The predicted molar refractivity (Wildman–Crippen MR) is 84.3 cm³/mol. The summed E-state index contributed by atoms with van der Waals surface area (Å²) in [4.78, 5) is 6.22. The fourth-order valence-corrected chi connectivity index (χ4v) is 4.37. The summed E-state index contributed by atoms with van der Waals surface area (Å²) in [6.45, 7) is 6.34. The van der Waals surface area contributed by atoms with E-state index in [4.69, 9.17) is 0 Å². The van der Waals surface area contributed by atoms with E-state index < -0.39 is 0 Å². The van der Waals surface area contributed by atoms with Crippen LogP contribution in [-0.4, -0.2) is 16.1 Å². The van der Waals surface area contributed by atoms with Crippen molar-refractivity contribution in [3.05, 3.63) is 40.1 Å². The topological polar surface area (TPSA) is 29.9 Å². The smallest absolute Gasteiger partial charge is 0.126 e. The van der Waals surface area contributed by atoms with Crippen molar-refractivity contribution in [1.82, 2.24) is 14.9 Å². The maximum atomic E-state index is 4.64. The molecule has 0 amide bonds. The van der Waals surface area contributed by atoms with Gasteiger partial charge in [-0.3, -0.25) is 0 Å². The number of aryl methyl sites for hydroxylation is 2. The molecule has 0 saturated carbocycles. The molecule has 108 valence electrons. The zero-order valence-corrected chi connectivity index (χ0v) is 13.1. The van der Waals surface area contributed by atoms with Gasteiger partial charge in [-0.1, -0.05) is 6.92 Å². The van der Waals surface area contributed by atoms with Crippen molar-refractivity contribution in [3.8, 4) is 0 Å². The number of rotatable bonds is 5. The molecule has 0 aliphatic heterocycles. The number of hydrogen-bond donors (Lipinski definition) is 1. The van der Waals surface area contributed by atoms with Gasteiger partial charge in [-0.2, -0.15) is 0 Å². The molecule has 3 rings (SSSR count). The summed E-state index contributed by atoms with van der Waals surface area (Å²) in [5, 5.41) is 5.93. The van der Waals surface area contributed by atoms with Crippen molar-refractivity contribution >= 4 is 11.3 Å². The standard InChI is InChI=1S/C16H23N3S/c1-3-17-15(16-18-9-10-19(16)4-2)13-6-5-7-14-12(13)8-11-20-14/h8-11,13,15,17H,3-7H2,1-2H3. The van der Waals surface area contributed by atoms with Crippen LogP contribution in [0.3, 0.4) is 0 Å². The van der Waals surface area contributed by atoms with E-state index in [1.807, 2.05) is 17.5 Å². The molecule has 0 fully saturated rings. The Balaban J connectivity index is 1.96. The first-order valence-corrected chi connectivity index (χ1v) is 8.53. The van der Waals surface area contributed by atoms with E-state index >= 15 is 0 Å². The largest absolute Gasteiger partial charge is 0.334 e. The molecule has 2 aromatic rings. The molecular weight excluding hydrogens is 266 g/mol. The maximum absolute atomic E-state index is 4.64. The molecule has 2 heterocycles. The Kier molecular flexibility index (Phi) is 4.22. The van der Waals surface area contributed by atoms with E-state index in [1.54, 1.807) is 10.4 Å². The molecule has 20 heavy (non-hydrogen) atoms. The van der Waals surface area contributed by atoms with Gasteiger partial charge in [-0.25, -0.2) is 4.98 Å². The highest BCUT2D eigenvalue weighted by atomic mass is 32.1. The second kappa shape index (κ2) is 6.10. The van der Waals surface area contributed by atoms with Crippen LogP contribution in [0.15, 0.2) is 23.8 Å². The van der Waals surface area contributed by atoms with E-state index in [0.29, 0.717) is 12.0 Å². The predicted octanol–water partition coefficient (Wildman–Crippen LogP) is 3.74. The molecule has 2 aromatic heterocycles. The van der Waals surface area contributed by atoms with Crippen molar-refractivity contribution in [2.24, 2.45) is 0 Å². The molecule has 1 aliphatic rings. The van der Waals surface area contributed by atoms with Gasteiger partial charge in [-0.05, 0) is 49.7 Å². The number of nitrogens with one attached hydrogen (secondary N) is 1. The third-order valence-corrected chi connectivity index (χ3v) is 5.29. The van der Waals surface area contributed by atoms with Crippen molar-refractivity contribution in [2.45, 2.75) is 51.6 Å². The lowest BCUT2D eigenvalue weighted by Gasteiger charge is -2.31. The Morgan fingerprint density at radius 3 is 3.20 bits per heavy atom. The monoisotopic (exact) mass is 289 g/mol. The number of aromatic nitrogens is 2. The third-order valence-electron chi connectivity index (χ3n) is 4.29. The Hall–Kier alpha value is -1.13. The molecule has 0 aromatic carbocycles. The molecule has 2 unspecified atom stereocenters. The molecule has 4 heteroatoms. The van der Waals surface area contributed by atoms with Crippen LogP contribution in [0.25, 0.3) is 0 Å². The molecule has 3 nitrogen and oxygen atoms in total. The Bertz CT molecular complexity index is 558. The second-order valence-corrected chi connectivity index (χ2v) is 6.41. The van der Waals surface area contributed by atoms with Gasteiger partial charge in [0.05, 0.1) is 6.04 Å². The minimum absolute atomic E-state index is 0.337. The van der Waals surface area contributed by atoms with Crippen LogP contribution in [0.2, 0.25) is 0 Å². The van der Waals surface area contributed by atoms with E-state index in [9.17, 15) is 0 Å². The van der Waals surface area contributed by atoms with E-state index in [-0.39, 0.29) is 0 Å². The summed E-state index contributed by atoms with van der Waals surface area (Å²) in [6.07, 6.45) is 7.84. The van der Waals surface area contributed by atoms with Crippen LogP contribution in [0.1, 0.15) is 54.9 Å². The third kappa shape index (κ3) is 2.42. The second-order valence-electron chi connectivity index (χ2n) is 5.40. The highest BCUT2D eigenvalue weighted by molar-refractivity contribution is 7.10. The summed E-state index contributed by atoms with van der Waals surface area (Å²) in [6, 6.07) is 2.66. The molecule has 0 bridgehead atoms. The molecule has 0 spiro atoms. The average Bonchev–Trinajstić information content (AvgIpc) is 3.12. The quantitative estimate of drug-likeness (QED) is 0.909. The Labute approximate surface area is 125 Å². The van der Waals surface area contributed by atoms with Crippen molar-refractivity contribution < 1.29 is 0 Å². The van der Waals surface area contributed by atoms with E-state index in [2.05, 4.69) is 46.4 Å². The molecule has 1 aliphatic carbocycles. The van der Waals surface area contributed by atoms with E-state index in [1.165, 1.54) is 25.1 Å². The highest BCUT2D eigenvalue weighted by Gasteiger charge is 2.31. The Morgan fingerprint density at radius 1 is 1.50 bits per heavy atom. The average molecular weight is 289 g/mol. The molecule has 2 atom stereocenters. The lowest BCUT2D eigenvalue weighted by atomic mass is 9.82. The highest BCUT2D eigenvalue weighted by Crippen LogP contribution is 2.41. The van der Waals surface area contributed by atoms with Gasteiger partial charge in [0.1, 0.15) is 5.82 Å². The maximum Gasteiger partial charge on any atom is 0.126 e. The van der Waals surface area contributed by atoms with Crippen LogP contribution in [0.5, 0.6) is 0 Å². The van der Waals surface area contributed by atoms with Gasteiger partial charge in [0.2, 0.25) is 0 Å². The van der Waals surface area contributed by atoms with Crippen molar-refractivity contribution in [2.75, 3.05) is 6.54 Å². The molecule has 0 radical (unpaired) electrons. The van der Waals surface area contributed by atoms with Crippen LogP contribution < -0.4 is 5.32 Å². The van der Waals surface area contributed by atoms with Crippen LogP contribution in [0.4, 0.5) is 0 Å². The lowest BCUT2D eigenvalue weighted by molar-refractivity contribution is 0.385. The van der Waals surface area contributed by atoms with E-state index in [0.717, 1.165) is 13.1 Å². The number of imidazole rings is 1. The zero-order valence-electron chi connectivity index (χ0n) is 12.3. The summed E-state index contributed by atoms with van der Waals surface area (Å²) < 4.78 is 2.27. The summed E-state index contributed by atoms with van der Waals surface area (Å²) in [5.41, 5.74) is 1.55. The molecule has 1 N–H and O–H groups in total. The summed E-state index contributed by atoms with van der Waals surface area (Å²) >= 11 is 1.92. The van der Waals surface area contributed by atoms with Gasteiger partial charge >= 0.3 is 0 Å². The van der Waals surface area contributed by atoms with Gasteiger partial charge in [-0.15, -0.1) is 11.3 Å². The van der Waals surface area contributed by atoms with Crippen LogP contribution >= 0.6 is 11.3 Å². The summed E-state index contributed by atoms with van der Waals surface area (Å²) in [5.74, 6) is 1.76. The van der Waals surface area contributed by atoms with Gasteiger partial charge < -0.3 is 9.88 Å². The molecule has 0 saturated heterocycles. The number of hydrogen-bond acceptors (Lipinski definition) is 3. The zero-order chi connectivity index (χ0) is 13.9. The Morgan fingerprint density at radius 2 is 2.40 bits per heavy atom.